The maximum Gasteiger partial charge on any atom is 0.209 e. The van der Waals surface area contributed by atoms with Gasteiger partial charge in [-0.25, -0.2) is 13.1 Å². The number of hydrogen-bond donors (Lipinski definition) is 1. The third-order valence-electron chi connectivity index (χ3n) is 3.66. The fourth-order valence-electron chi connectivity index (χ4n) is 2.69. The minimum Gasteiger partial charge on any atom is -0.391 e. The Morgan fingerprint density at radius 2 is 2.00 bits per heavy atom. The molecule has 9 heteroatoms. The van der Waals surface area contributed by atoms with E-state index < -0.39 is 15.9 Å². The summed E-state index contributed by atoms with van der Waals surface area (Å²) in [5, 5.41) is 21.7. The van der Waals surface area contributed by atoms with E-state index in [1.807, 2.05) is 0 Å². The van der Waals surface area contributed by atoms with Gasteiger partial charge in [-0.3, -0.25) is 0 Å². The molecule has 1 aliphatic heterocycles. The first-order valence-electron chi connectivity index (χ1n) is 6.38. The zero-order valence-corrected chi connectivity index (χ0v) is 12.0. The summed E-state index contributed by atoms with van der Waals surface area (Å²) in [5.41, 5.74) is 0. The van der Waals surface area contributed by atoms with Gasteiger partial charge < -0.3 is 5.11 Å². The number of hydrogen-bond acceptors (Lipinski definition) is 7. The average molecular weight is 304 g/mol. The van der Waals surface area contributed by atoms with Crippen LogP contribution in [0.2, 0.25) is 0 Å². The van der Waals surface area contributed by atoms with E-state index in [-0.39, 0.29) is 16.8 Å². The van der Waals surface area contributed by atoms with Crippen molar-refractivity contribution in [3.8, 4) is 0 Å². The molecule has 1 aromatic heterocycles. The smallest absolute Gasteiger partial charge is 0.209 e. The van der Waals surface area contributed by atoms with Crippen molar-refractivity contribution in [1.29, 1.82) is 0 Å². The highest BCUT2D eigenvalue weighted by Crippen LogP contribution is 2.34. The summed E-state index contributed by atoms with van der Waals surface area (Å²) in [6.07, 6.45) is 3.64. The quantitative estimate of drug-likeness (QED) is 0.841. The molecule has 1 N–H and O–H groups in total. The fourth-order valence-corrected chi connectivity index (χ4v) is 6.21. The lowest BCUT2D eigenvalue weighted by Crippen LogP contribution is -2.21. The number of thioether (sulfide) groups is 1. The van der Waals surface area contributed by atoms with E-state index in [1.54, 1.807) is 4.68 Å². The number of aromatic nitrogens is 4. The maximum atomic E-state index is 11.5. The van der Waals surface area contributed by atoms with Gasteiger partial charge in [0.15, 0.2) is 9.84 Å². The third-order valence-corrected chi connectivity index (χ3v) is 6.85. The van der Waals surface area contributed by atoms with E-state index in [2.05, 4.69) is 15.5 Å². The van der Waals surface area contributed by atoms with Gasteiger partial charge >= 0.3 is 0 Å². The molecule has 0 spiro atoms. The first-order chi connectivity index (χ1) is 9.05. The van der Waals surface area contributed by atoms with Gasteiger partial charge in [0.2, 0.25) is 5.16 Å². The molecule has 1 aromatic rings. The van der Waals surface area contributed by atoms with Crippen LogP contribution in [0.1, 0.15) is 31.7 Å². The zero-order chi connectivity index (χ0) is 13.5. The van der Waals surface area contributed by atoms with Crippen LogP contribution in [-0.2, 0) is 9.84 Å². The van der Waals surface area contributed by atoms with E-state index in [0.29, 0.717) is 11.2 Å². The van der Waals surface area contributed by atoms with E-state index in [1.165, 1.54) is 24.6 Å². The highest BCUT2D eigenvalue weighted by Gasteiger charge is 2.38. The van der Waals surface area contributed by atoms with Gasteiger partial charge in [0.05, 0.1) is 28.9 Å². The first-order valence-corrected chi connectivity index (χ1v) is 9.08. The lowest BCUT2D eigenvalue weighted by molar-refractivity contribution is 0.207. The monoisotopic (exact) mass is 304 g/mol. The SMILES string of the molecule is O=S1(=O)CC(O)C(Sc2nnnn2C2CCCC2)C1. The maximum absolute atomic E-state index is 11.5. The number of nitrogens with zero attached hydrogens (tertiary/aromatic N) is 4. The third kappa shape index (κ3) is 2.77. The number of aliphatic hydroxyl groups excluding tert-OH is 1. The summed E-state index contributed by atoms with van der Waals surface area (Å²) in [6.45, 7) is 0. The summed E-state index contributed by atoms with van der Waals surface area (Å²) in [6, 6.07) is 0.313. The molecule has 0 aromatic carbocycles. The van der Waals surface area contributed by atoms with Crippen LogP contribution in [0.3, 0.4) is 0 Å². The summed E-state index contributed by atoms with van der Waals surface area (Å²) >= 11 is 1.28. The van der Waals surface area contributed by atoms with Gasteiger partial charge in [0, 0.05) is 0 Å². The molecule has 3 rings (SSSR count). The van der Waals surface area contributed by atoms with Crippen LogP contribution in [0.25, 0.3) is 0 Å². The molecule has 2 atom stereocenters. The Hall–Kier alpha value is -0.670. The summed E-state index contributed by atoms with van der Waals surface area (Å²) in [5.74, 6) is -0.161. The van der Waals surface area contributed by atoms with Crippen LogP contribution in [0.15, 0.2) is 5.16 Å². The molecule has 0 amide bonds. The number of rotatable bonds is 3. The lowest BCUT2D eigenvalue weighted by Gasteiger charge is -2.14. The van der Waals surface area contributed by atoms with Gasteiger partial charge in [-0.05, 0) is 23.3 Å². The standard InChI is InChI=1S/C10H16N4O3S2/c15-8-5-19(16,17)6-9(8)18-10-11-12-13-14(10)7-3-1-2-4-7/h7-9,15H,1-6H2. The second-order valence-electron chi connectivity index (χ2n) is 5.14. The Labute approximate surface area is 115 Å². The van der Waals surface area contributed by atoms with Crippen molar-refractivity contribution in [3.05, 3.63) is 0 Å². The molecule has 2 aliphatic rings. The Bertz CT molecular complexity index is 553. The van der Waals surface area contributed by atoms with Gasteiger partial charge in [0.1, 0.15) is 0 Å². The molecule has 1 aliphatic carbocycles. The predicted molar refractivity (Wildman–Crippen MR) is 69.6 cm³/mol. The highest BCUT2D eigenvalue weighted by molar-refractivity contribution is 8.01. The number of tetrazole rings is 1. The van der Waals surface area contributed by atoms with E-state index in [4.69, 9.17) is 0 Å². The zero-order valence-electron chi connectivity index (χ0n) is 10.3. The van der Waals surface area contributed by atoms with Crippen LogP contribution in [0.5, 0.6) is 0 Å². The van der Waals surface area contributed by atoms with Crippen LogP contribution in [0.4, 0.5) is 0 Å². The predicted octanol–water partition coefficient (Wildman–Crippen LogP) is 0.0382. The molecule has 2 heterocycles. The molecular formula is C10H16N4O3S2. The van der Waals surface area contributed by atoms with Crippen molar-refractivity contribution in [2.75, 3.05) is 11.5 Å². The Morgan fingerprint density at radius 3 is 2.63 bits per heavy atom. The Balaban J connectivity index is 1.75. The molecule has 7 nitrogen and oxygen atoms in total. The van der Waals surface area contributed by atoms with Gasteiger partial charge in [-0.15, -0.1) is 5.10 Å². The average Bonchev–Trinajstić information content (AvgIpc) is 2.99. The Morgan fingerprint density at radius 1 is 1.26 bits per heavy atom. The van der Waals surface area contributed by atoms with Crippen molar-refractivity contribution < 1.29 is 13.5 Å². The van der Waals surface area contributed by atoms with Crippen LogP contribution in [0, 0.1) is 0 Å². The fraction of sp³-hybridized carbons (Fsp3) is 0.900. The Kier molecular flexibility index (Phi) is 3.52. The number of sulfone groups is 1. The molecule has 0 bridgehead atoms. The second-order valence-corrected chi connectivity index (χ2v) is 8.51. The first kappa shape index (κ1) is 13.3. The molecule has 106 valence electrons. The van der Waals surface area contributed by atoms with E-state index in [9.17, 15) is 13.5 Å². The highest BCUT2D eigenvalue weighted by atomic mass is 32.2. The van der Waals surface area contributed by atoms with Crippen LogP contribution < -0.4 is 0 Å². The van der Waals surface area contributed by atoms with Crippen molar-refractivity contribution in [2.45, 2.75) is 48.2 Å². The largest absolute Gasteiger partial charge is 0.391 e. The summed E-state index contributed by atoms with van der Waals surface area (Å²) < 4.78 is 24.8. The minimum atomic E-state index is -3.13. The second kappa shape index (κ2) is 5.02. The molecule has 2 unspecified atom stereocenters. The number of aliphatic hydroxyl groups is 1. The molecule has 2 fully saturated rings. The summed E-state index contributed by atoms with van der Waals surface area (Å²) in [7, 11) is -3.13. The van der Waals surface area contributed by atoms with Crippen LogP contribution >= 0.6 is 11.8 Å². The molecule has 1 saturated carbocycles. The lowest BCUT2D eigenvalue weighted by atomic mass is 10.3. The minimum absolute atomic E-state index is 0.00361. The van der Waals surface area contributed by atoms with E-state index >= 15 is 0 Å². The van der Waals surface area contributed by atoms with Crippen molar-refractivity contribution >= 4 is 21.6 Å². The summed E-state index contributed by atoms with van der Waals surface area (Å²) in [4.78, 5) is 0. The van der Waals surface area contributed by atoms with Gasteiger partial charge in [0.25, 0.3) is 0 Å². The van der Waals surface area contributed by atoms with E-state index in [0.717, 1.165) is 12.8 Å². The molecule has 0 radical (unpaired) electrons. The topological polar surface area (TPSA) is 98.0 Å². The van der Waals surface area contributed by atoms with Gasteiger partial charge in [-0.1, -0.05) is 24.6 Å². The van der Waals surface area contributed by atoms with Crippen molar-refractivity contribution in [1.82, 2.24) is 20.2 Å². The molecule has 1 saturated heterocycles. The normalized spacial score (nSPS) is 31.0. The van der Waals surface area contributed by atoms with Gasteiger partial charge in [-0.2, -0.15) is 0 Å². The van der Waals surface area contributed by atoms with Crippen molar-refractivity contribution in [2.24, 2.45) is 0 Å². The molecule has 19 heavy (non-hydrogen) atoms. The van der Waals surface area contributed by atoms with Crippen molar-refractivity contribution in [3.63, 3.8) is 0 Å². The van der Waals surface area contributed by atoms with Crippen LogP contribution in [-0.4, -0.2) is 56.6 Å². The molecular weight excluding hydrogens is 288 g/mol.